The standard InChI is InChI=1S/C17H20N6S/c1-12-10-24-16-15(12)18-11-19-17(16)23-7-3-6-22(8-9-23)14-5-4-13(2)20-21-14/h4-5,10-11H,3,6-9H2,1-2H3. The molecule has 1 saturated heterocycles. The van der Waals surface area contributed by atoms with E-state index in [1.165, 1.54) is 10.3 Å². The summed E-state index contributed by atoms with van der Waals surface area (Å²) in [5, 5.41) is 10.7. The van der Waals surface area contributed by atoms with E-state index < -0.39 is 0 Å². The summed E-state index contributed by atoms with van der Waals surface area (Å²) in [5.41, 5.74) is 3.26. The van der Waals surface area contributed by atoms with E-state index in [1.807, 2.05) is 13.0 Å². The molecule has 0 unspecified atom stereocenters. The molecule has 3 aromatic heterocycles. The average Bonchev–Trinajstić information content (AvgIpc) is 2.83. The summed E-state index contributed by atoms with van der Waals surface area (Å²) in [6.45, 7) is 7.91. The summed E-state index contributed by atoms with van der Waals surface area (Å²) in [7, 11) is 0. The Kier molecular flexibility index (Phi) is 4.02. The maximum absolute atomic E-state index is 4.57. The minimum absolute atomic E-state index is 0.924. The van der Waals surface area contributed by atoms with Gasteiger partial charge in [0.05, 0.1) is 15.9 Å². The first-order valence-corrected chi connectivity index (χ1v) is 9.09. The monoisotopic (exact) mass is 340 g/mol. The van der Waals surface area contributed by atoms with Gasteiger partial charge >= 0.3 is 0 Å². The fraction of sp³-hybridized carbons (Fsp3) is 0.412. The summed E-state index contributed by atoms with van der Waals surface area (Å²) in [5.74, 6) is 2.03. The van der Waals surface area contributed by atoms with Crippen molar-refractivity contribution >= 4 is 33.2 Å². The van der Waals surface area contributed by atoms with E-state index in [-0.39, 0.29) is 0 Å². The second-order valence-corrected chi connectivity index (χ2v) is 7.03. The van der Waals surface area contributed by atoms with Gasteiger partial charge in [0.15, 0.2) is 5.82 Å². The molecule has 1 aliphatic rings. The topological polar surface area (TPSA) is 58.0 Å². The number of nitrogens with zero attached hydrogens (tertiary/aromatic N) is 6. The molecule has 6 nitrogen and oxygen atoms in total. The highest BCUT2D eigenvalue weighted by atomic mass is 32.1. The van der Waals surface area contributed by atoms with Crippen LogP contribution in [-0.4, -0.2) is 46.3 Å². The van der Waals surface area contributed by atoms with Gasteiger partial charge in [-0.05, 0) is 43.3 Å². The van der Waals surface area contributed by atoms with Gasteiger partial charge in [0.1, 0.15) is 12.1 Å². The van der Waals surface area contributed by atoms with E-state index in [0.29, 0.717) is 0 Å². The van der Waals surface area contributed by atoms with Crippen molar-refractivity contribution in [3.8, 4) is 0 Å². The first-order chi connectivity index (χ1) is 11.7. The molecule has 1 fully saturated rings. The van der Waals surface area contributed by atoms with Crippen LogP contribution in [0.2, 0.25) is 0 Å². The predicted octanol–water partition coefficient (Wildman–Crippen LogP) is 2.81. The van der Waals surface area contributed by atoms with E-state index in [9.17, 15) is 0 Å². The first kappa shape index (κ1) is 15.3. The van der Waals surface area contributed by atoms with Crippen LogP contribution >= 0.6 is 11.3 Å². The molecule has 0 saturated carbocycles. The Balaban J connectivity index is 1.57. The van der Waals surface area contributed by atoms with Crippen molar-refractivity contribution in [2.75, 3.05) is 36.0 Å². The predicted molar refractivity (Wildman–Crippen MR) is 98.0 cm³/mol. The number of aromatic nitrogens is 4. The molecule has 0 bridgehead atoms. The molecule has 0 spiro atoms. The molecule has 0 aliphatic carbocycles. The third-order valence-electron chi connectivity index (χ3n) is 4.42. The lowest BCUT2D eigenvalue weighted by molar-refractivity contribution is 0.782. The molecule has 124 valence electrons. The zero-order valence-electron chi connectivity index (χ0n) is 13.9. The van der Waals surface area contributed by atoms with Gasteiger partial charge in [-0.15, -0.1) is 16.4 Å². The van der Waals surface area contributed by atoms with Gasteiger partial charge in [-0.2, -0.15) is 5.10 Å². The lowest BCUT2D eigenvalue weighted by Gasteiger charge is -2.23. The van der Waals surface area contributed by atoms with Crippen molar-refractivity contribution in [1.29, 1.82) is 0 Å². The molecule has 4 heterocycles. The normalized spacial score (nSPS) is 15.8. The Morgan fingerprint density at radius 3 is 2.62 bits per heavy atom. The van der Waals surface area contributed by atoms with E-state index in [4.69, 9.17) is 0 Å². The zero-order chi connectivity index (χ0) is 16.5. The molecule has 0 amide bonds. The molecule has 0 atom stereocenters. The largest absolute Gasteiger partial charge is 0.353 e. The molecule has 0 N–H and O–H groups in total. The Morgan fingerprint density at radius 1 is 0.958 bits per heavy atom. The number of fused-ring (bicyclic) bond motifs is 1. The van der Waals surface area contributed by atoms with Gasteiger partial charge in [-0.25, -0.2) is 9.97 Å². The van der Waals surface area contributed by atoms with Crippen LogP contribution in [0, 0.1) is 13.8 Å². The Hall–Kier alpha value is -2.28. The Bertz CT molecular complexity index is 844. The number of aryl methyl sites for hydroxylation is 2. The Morgan fingerprint density at radius 2 is 1.79 bits per heavy atom. The third-order valence-corrected chi connectivity index (χ3v) is 5.50. The van der Waals surface area contributed by atoms with Crippen molar-refractivity contribution < 1.29 is 0 Å². The van der Waals surface area contributed by atoms with Crippen molar-refractivity contribution in [3.63, 3.8) is 0 Å². The summed E-state index contributed by atoms with van der Waals surface area (Å²) in [6, 6.07) is 4.08. The van der Waals surface area contributed by atoms with Gasteiger partial charge in [0.25, 0.3) is 0 Å². The molecular weight excluding hydrogens is 320 g/mol. The Labute approximate surface area is 145 Å². The van der Waals surface area contributed by atoms with Crippen molar-refractivity contribution in [3.05, 3.63) is 35.1 Å². The second-order valence-electron chi connectivity index (χ2n) is 6.15. The fourth-order valence-electron chi connectivity index (χ4n) is 3.10. The van der Waals surface area contributed by atoms with Crippen LogP contribution in [0.4, 0.5) is 11.6 Å². The lowest BCUT2D eigenvalue weighted by atomic mass is 10.3. The average molecular weight is 340 g/mol. The fourth-order valence-corrected chi connectivity index (χ4v) is 4.12. The van der Waals surface area contributed by atoms with E-state index >= 15 is 0 Å². The van der Waals surface area contributed by atoms with Gasteiger partial charge < -0.3 is 9.80 Å². The summed E-state index contributed by atoms with van der Waals surface area (Å²) in [6.07, 6.45) is 2.76. The highest BCUT2D eigenvalue weighted by Gasteiger charge is 2.20. The van der Waals surface area contributed by atoms with E-state index in [1.54, 1.807) is 17.7 Å². The van der Waals surface area contributed by atoms with Crippen molar-refractivity contribution in [2.24, 2.45) is 0 Å². The number of rotatable bonds is 2. The molecular formula is C17H20N6S. The number of hydrogen-bond donors (Lipinski definition) is 0. The van der Waals surface area contributed by atoms with Gasteiger partial charge in [0, 0.05) is 26.2 Å². The maximum Gasteiger partial charge on any atom is 0.151 e. The number of thiophene rings is 1. The quantitative estimate of drug-likeness (QED) is 0.715. The minimum Gasteiger partial charge on any atom is -0.353 e. The van der Waals surface area contributed by atoms with Crippen LogP contribution in [-0.2, 0) is 0 Å². The van der Waals surface area contributed by atoms with Crippen LogP contribution in [0.3, 0.4) is 0 Å². The number of hydrogen-bond acceptors (Lipinski definition) is 7. The SMILES string of the molecule is Cc1ccc(N2CCCN(c3ncnc4c(C)csc34)CC2)nn1. The van der Waals surface area contributed by atoms with Crippen molar-refractivity contribution in [1.82, 2.24) is 20.2 Å². The summed E-state index contributed by atoms with van der Waals surface area (Å²) < 4.78 is 1.19. The van der Waals surface area contributed by atoms with Crippen LogP contribution < -0.4 is 9.80 Å². The molecule has 3 aromatic rings. The smallest absolute Gasteiger partial charge is 0.151 e. The second kappa shape index (κ2) is 6.32. The zero-order valence-corrected chi connectivity index (χ0v) is 14.8. The van der Waals surface area contributed by atoms with E-state index in [2.05, 4.69) is 48.3 Å². The lowest BCUT2D eigenvalue weighted by Crippen LogP contribution is -2.31. The molecule has 0 radical (unpaired) electrons. The number of anilines is 2. The highest BCUT2D eigenvalue weighted by Crippen LogP contribution is 2.31. The van der Waals surface area contributed by atoms with Gasteiger partial charge in [0.2, 0.25) is 0 Å². The van der Waals surface area contributed by atoms with Gasteiger partial charge in [-0.3, -0.25) is 0 Å². The van der Waals surface area contributed by atoms with Crippen LogP contribution in [0.15, 0.2) is 23.8 Å². The molecule has 24 heavy (non-hydrogen) atoms. The third kappa shape index (κ3) is 2.80. The van der Waals surface area contributed by atoms with Crippen molar-refractivity contribution in [2.45, 2.75) is 20.3 Å². The molecule has 4 rings (SSSR count). The van der Waals surface area contributed by atoms with Gasteiger partial charge in [-0.1, -0.05) is 0 Å². The van der Waals surface area contributed by atoms with Crippen LogP contribution in [0.1, 0.15) is 17.7 Å². The molecule has 0 aromatic carbocycles. The van der Waals surface area contributed by atoms with E-state index in [0.717, 1.165) is 55.4 Å². The minimum atomic E-state index is 0.924. The first-order valence-electron chi connectivity index (χ1n) is 8.21. The summed E-state index contributed by atoms with van der Waals surface area (Å²) >= 11 is 1.74. The highest BCUT2D eigenvalue weighted by molar-refractivity contribution is 7.18. The molecule has 7 heteroatoms. The van der Waals surface area contributed by atoms with Crippen LogP contribution in [0.25, 0.3) is 10.2 Å². The summed E-state index contributed by atoms with van der Waals surface area (Å²) in [4.78, 5) is 13.7. The van der Waals surface area contributed by atoms with Crippen LogP contribution in [0.5, 0.6) is 0 Å². The molecule has 1 aliphatic heterocycles. The maximum atomic E-state index is 4.57.